The Hall–Kier alpha value is -7.42. The molecule has 284 valence electrons. The molecule has 0 atom stereocenters. The van der Waals surface area contributed by atoms with Crippen LogP contribution in [0.5, 0.6) is 0 Å². The summed E-state index contributed by atoms with van der Waals surface area (Å²) in [5.74, 6) is 1.31. The van der Waals surface area contributed by atoms with Gasteiger partial charge in [0.15, 0.2) is 11.2 Å². The van der Waals surface area contributed by atoms with Gasteiger partial charge in [-0.25, -0.2) is 9.97 Å². The maximum absolute atomic E-state index is 6.02. The topological polar surface area (TPSA) is 104 Å². The molecule has 7 nitrogen and oxygen atoms in total. The number of hydrogen-bond acceptors (Lipinski definition) is 7. The summed E-state index contributed by atoms with van der Waals surface area (Å²) < 4.78 is 24.3. The highest BCUT2D eigenvalue weighted by atomic mass is 79.9. The molecule has 12 rings (SSSR count). The Kier molecular flexibility index (Phi) is 9.44. The van der Waals surface area contributed by atoms with Crippen LogP contribution in [0.1, 0.15) is 11.1 Å². The largest absolute Gasteiger partial charge is 0.456 e. The van der Waals surface area contributed by atoms with Crippen LogP contribution in [-0.4, -0.2) is 9.97 Å². The lowest BCUT2D eigenvalue weighted by Crippen LogP contribution is -1.88. The maximum atomic E-state index is 6.02. The van der Waals surface area contributed by atoms with Crippen molar-refractivity contribution in [1.82, 2.24) is 9.97 Å². The summed E-state index contributed by atoms with van der Waals surface area (Å²) in [5, 5.41) is 4.59. The van der Waals surface area contributed by atoms with Crippen LogP contribution in [0.3, 0.4) is 0 Å². The second kappa shape index (κ2) is 15.5. The van der Waals surface area contributed by atoms with Gasteiger partial charge in [0.25, 0.3) is 0 Å². The molecular weight excluding hydrogens is 798 g/mol. The van der Waals surface area contributed by atoms with Crippen molar-refractivity contribution in [1.29, 1.82) is 0 Å². The predicted octanol–water partition coefficient (Wildman–Crippen LogP) is 14.4. The average Bonchev–Trinajstić information content (AvgIpc) is 4.07. The molecule has 59 heavy (non-hydrogen) atoms. The van der Waals surface area contributed by atoms with Crippen LogP contribution in [0.15, 0.2) is 204 Å². The third kappa shape index (κ3) is 7.45. The van der Waals surface area contributed by atoms with Crippen molar-refractivity contribution in [2.24, 2.45) is 0 Å². The van der Waals surface area contributed by atoms with Crippen molar-refractivity contribution >= 4 is 87.7 Å². The summed E-state index contributed by atoms with van der Waals surface area (Å²) >= 11 is 3.40. The Morgan fingerprint density at radius 1 is 0.390 bits per heavy atom. The number of hydrogen-bond donors (Lipinski definition) is 1. The molecule has 8 aromatic carbocycles. The maximum Gasteiger partial charge on any atom is 0.227 e. The zero-order valence-electron chi connectivity index (χ0n) is 31.5. The lowest BCUT2D eigenvalue weighted by atomic mass is 10.0. The minimum Gasteiger partial charge on any atom is -0.456 e. The Balaban J connectivity index is 0.000000118. The van der Waals surface area contributed by atoms with Gasteiger partial charge < -0.3 is 23.4 Å². The Bertz CT molecular complexity index is 3330. The molecule has 0 spiro atoms. The van der Waals surface area contributed by atoms with E-state index in [4.69, 9.17) is 23.4 Å². The molecule has 0 aliphatic heterocycles. The van der Waals surface area contributed by atoms with Gasteiger partial charge in [-0.2, -0.15) is 0 Å². The first-order chi connectivity index (χ1) is 29.0. The molecule has 0 unspecified atom stereocenters. The van der Waals surface area contributed by atoms with Crippen LogP contribution in [0.25, 0.3) is 89.0 Å². The molecule has 2 N–H and O–H groups in total. The quantitative estimate of drug-likeness (QED) is 0.176. The van der Waals surface area contributed by atoms with Crippen molar-refractivity contribution in [2.75, 3.05) is 5.73 Å². The number of nitrogens with zero attached hydrogens (tertiary/aromatic N) is 2. The van der Waals surface area contributed by atoms with E-state index in [-0.39, 0.29) is 0 Å². The van der Waals surface area contributed by atoms with Gasteiger partial charge in [0.2, 0.25) is 11.8 Å². The number of halogens is 1. The molecular formula is C51H34BrN3O4. The SMILES string of the molecule is Brc1ccc(-c2nc3ccccc3o2)cc1.Nc1ccc2c(c1)oc1ccccc12.c1ccc2oc(-c3ccc(Cc4ccc5c(c4)oc4ccccc45)cc3)nc2c1. The Morgan fingerprint density at radius 3 is 1.39 bits per heavy atom. The fourth-order valence-corrected chi connectivity index (χ4v) is 7.47. The number of nitrogen functional groups attached to an aromatic ring is 1. The summed E-state index contributed by atoms with van der Waals surface area (Å²) in [4.78, 5) is 9.00. The Morgan fingerprint density at radius 2 is 0.831 bits per heavy atom. The fraction of sp³-hybridized carbons (Fsp3) is 0.0196. The lowest BCUT2D eigenvalue weighted by Gasteiger charge is -2.03. The van der Waals surface area contributed by atoms with Gasteiger partial charge in [-0.15, -0.1) is 0 Å². The molecule has 0 fully saturated rings. The van der Waals surface area contributed by atoms with Crippen molar-refractivity contribution in [3.8, 4) is 22.9 Å². The van der Waals surface area contributed by atoms with E-state index in [2.05, 4.69) is 80.5 Å². The van der Waals surface area contributed by atoms with E-state index in [9.17, 15) is 0 Å². The molecule has 0 aliphatic rings. The van der Waals surface area contributed by atoms with E-state index >= 15 is 0 Å². The van der Waals surface area contributed by atoms with E-state index in [1.807, 2.05) is 127 Å². The summed E-state index contributed by atoms with van der Waals surface area (Å²) in [5.41, 5.74) is 17.9. The van der Waals surface area contributed by atoms with Gasteiger partial charge in [0.1, 0.15) is 33.4 Å². The molecule has 4 aromatic heterocycles. The Labute approximate surface area is 346 Å². The van der Waals surface area contributed by atoms with Gasteiger partial charge >= 0.3 is 0 Å². The third-order valence-corrected chi connectivity index (χ3v) is 10.7. The fourth-order valence-electron chi connectivity index (χ4n) is 7.21. The van der Waals surface area contributed by atoms with E-state index < -0.39 is 0 Å². The molecule has 0 bridgehead atoms. The number of nitrogens with two attached hydrogens (primary N) is 1. The first-order valence-electron chi connectivity index (χ1n) is 19.1. The van der Waals surface area contributed by atoms with Gasteiger partial charge in [0.05, 0.1) is 0 Å². The number of benzene rings is 8. The van der Waals surface area contributed by atoms with Crippen molar-refractivity contribution in [3.63, 3.8) is 0 Å². The summed E-state index contributed by atoms with van der Waals surface area (Å²) in [7, 11) is 0. The number of rotatable bonds is 4. The number of furan rings is 2. The number of para-hydroxylation sites is 6. The standard InChI is InChI=1S/C26H17NO2.C13H8BrNO.C12H9NO/c1-3-7-23-20(5-1)21-14-11-18(16-25(21)28-23)15-17-9-12-19(13-10-17)26-27-22-6-2-4-8-24(22)29-26;14-10-7-5-9(6-8-10)13-15-11-3-1-2-4-12(11)16-13;13-8-5-6-10-9-3-1-2-4-11(9)14-12(10)7-8/h1-14,16H,15H2;1-8H;1-7H,13H2. The van der Waals surface area contributed by atoms with E-state index in [1.165, 1.54) is 11.1 Å². The van der Waals surface area contributed by atoms with Gasteiger partial charge in [0, 0.05) is 48.9 Å². The zero-order valence-corrected chi connectivity index (χ0v) is 33.1. The summed E-state index contributed by atoms with van der Waals surface area (Å²) in [6.07, 6.45) is 0.848. The smallest absolute Gasteiger partial charge is 0.227 e. The van der Waals surface area contributed by atoms with Crippen LogP contribution in [0, 0.1) is 0 Å². The molecule has 12 aromatic rings. The van der Waals surface area contributed by atoms with Crippen LogP contribution < -0.4 is 5.73 Å². The second-order valence-corrected chi connectivity index (χ2v) is 15.1. The van der Waals surface area contributed by atoms with Crippen LogP contribution in [0.4, 0.5) is 5.69 Å². The molecule has 0 radical (unpaired) electrons. The monoisotopic (exact) mass is 831 g/mol. The highest BCUT2D eigenvalue weighted by molar-refractivity contribution is 9.10. The highest BCUT2D eigenvalue weighted by Gasteiger charge is 2.11. The number of anilines is 1. The number of fused-ring (bicyclic) bond motifs is 8. The van der Waals surface area contributed by atoms with Crippen molar-refractivity contribution < 1.29 is 17.7 Å². The van der Waals surface area contributed by atoms with E-state index in [0.717, 1.165) is 93.8 Å². The van der Waals surface area contributed by atoms with Crippen LogP contribution >= 0.6 is 15.9 Å². The number of aromatic nitrogens is 2. The first-order valence-corrected chi connectivity index (χ1v) is 19.9. The minimum atomic E-state index is 0.654. The van der Waals surface area contributed by atoms with Crippen molar-refractivity contribution in [2.45, 2.75) is 6.42 Å². The molecule has 4 heterocycles. The molecule has 8 heteroatoms. The van der Waals surface area contributed by atoms with Gasteiger partial charge in [-0.05, 0) is 109 Å². The molecule has 0 amide bonds. The molecule has 0 saturated carbocycles. The first kappa shape index (κ1) is 36.0. The van der Waals surface area contributed by atoms with Crippen LogP contribution in [-0.2, 0) is 6.42 Å². The molecule has 0 aliphatic carbocycles. The minimum absolute atomic E-state index is 0.654. The van der Waals surface area contributed by atoms with Gasteiger partial charge in [-0.3, -0.25) is 0 Å². The van der Waals surface area contributed by atoms with E-state index in [1.54, 1.807) is 0 Å². The van der Waals surface area contributed by atoms with Gasteiger partial charge in [-0.1, -0.05) is 101 Å². The summed E-state index contributed by atoms with van der Waals surface area (Å²) in [6.45, 7) is 0. The predicted molar refractivity (Wildman–Crippen MR) is 241 cm³/mol. The summed E-state index contributed by atoms with van der Waals surface area (Å²) in [6, 6.07) is 60.3. The highest BCUT2D eigenvalue weighted by Crippen LogP contribution is 2.32. The van der Waals surface area contributed by atoms with Crippen molar-refractivity contribution in [3.05, 3.63) is 198 Å². The average molecular weight is 833 g/mol. The number of oxazole rings is 2. The normalized spacial score (nSPS) is 11.3. The second-order valence-electron chi connectivity index (χ2n) is 14.1. The van der Waals surface area contributed by atoms with Crippen LogP contribution in [0.2, 0.25) is 0 Å². The third-order valence-electron chi connectivity index (χ3n) is 10.1. The zero-order chi connectivity index (χ0) is 39.7. The lowest BCUT2D eigenvalue weighted by molar-refractivity contribution is 0.619. The van der Waals surface area contributed by atoms with E-state index in [0.29, 0.717) is 11.8 Å². The molecule has 0 saturated heterocycles.